The molecule has 0 radical (unpaired) electrons. The molecule has 1 aliphatic rings. The SMILES string of the molecule is O=C(OCc1ccccc1)N1CC(CO)CC1CO. The molecule has 1 aliphatic heterocycles. The Bertz CT molecular complexity index is 409. The number of carbonyl (C=O) groups excluding carboxylic acids is 1. The molecule has 0 saturated carbocycles. The Hall–Kier alpha value is -1.59. The second-order valence-electron chi connectivity index (χ2n) is 4.81. The Morgan fingerprint density at radius 3 is 2.63 bits per heavy atom. The van der Waals surface area contributed by atoms with Gasteiger partial charge in [-0.25, -0.2) is 4.79 Å². The highest BCUT2D eigenvalue weighted by atomic mass is 16.6. The summed E-state index contributed by atoms with van der Waals surface area (Å²) in [5, 5.41) is 18.4. The number of hydrogen-bond donors (Lipinski definition) is 2. The fraction of sp³-hybridized carbons (Fsp3) is 0.500. The van der Waals surface area contributed by atoms with E-state index in [4.69, 9.17) is 9.84 Å². The Kier molecular flexibility index (Phi) is 4.76. The summed E-state index contributed by atoms with van der Waals surface area (Å²) < 4.78 is 5.23. The molecule has 1 amide bonds. The van der Waals surface area contributed by atoms with E-state index in [9.17, 15) is 9.90 Å². The van der Waals surface area contributed by atoms with Gasteiger partial charge in [-0.2, -0.15) is 0 Å². The summed E-state index contributed by atoms with van der Waals surface area (Å²) in [6.45, 7) is 0.587. The molecule has 104 valence electrons. The molecule has 2 rings (SSSR count). The van der Waals surface area contributed by atoms with Crippen molar-refractivity contribution in [2.24, 2.45) is 5.92 Å². The third kappa shape index (κ3) is 3.45. The fourth-order valence-corrected chi connectivity index (χ4v) is 2.34. The number of nitrogens with zero attached hydrogens (tertiary/aromatic N) is 1. The lowest BCUT2D eigenvalue weighted by Gasteiger charge is -2.22. The van der Waals surface area contributed by atoms with Gasteiger partial charge in [-0.1, -0.05) is 30.3 Å². The highest BCUT2D eigenvalue weighted by molar-refractivity contribution is 5.68. The quantitative estimate of drug-likeness (QED) is 0.852. The highest BCUT2D eigenvalue weighted by Crippen LogP contribution is 2.23. The molecule has 19 heavy (non-hydrogen) atoms. The molecule has 0 spiro atoms. The molecule has 5 heteroatoms. The van der Waals surface area contributed by atoms with Crippen molar-refractivity contribution in [1.29, 1.82) is 0 Å². The number of aliphatic hydroxyl groups is 2. The number of amides is 1. The van der Waals surface area contributed by atoms with Gasteiger partial charge >= 0.3 is 6.09 Å². The molecule has 0 bridgehead atoms. The number of rotatable bonds is 4. The maximum absolute atomic E-state index is 12.0. The van der Waals surface area contributed by atoms with Crippen LogP contribution < -0.4 is 0 Å². The number of hydrogen-bond acceptors (Lipinski definition) is 4. The van der Waals surface area contributed by atoms with E-state index in [1.165, 1.54) is 4.90 Å². The third-order valence-electron chi connectivity index (χ3n) is 3.41. The summed E-state index contributed by atoms with van der Waals surface area (Å²) in [4.78, 5) is 13.5. The third-order valence-corrected chi connectivity index (χ3v) is 3.41. The molecule has 2 N–H and O–H groups in total. The second kappa shape index (κ2) is 6.54. The minimum absolute atomic E-state index is 0.0268. The zero-order chi connectivity index (χ0) is 13.7. The van der Waals surface area contributed by atoms with Crippen molar-refractivity contribution in [2.45, 2.75) is 19.1 Å². The molecule has 1 saturated heterocycles. The highest BCUT2D eigenvalue weighted by Gasteiger charge is 2.35. The number of benzene rings is 1. The van der Waals surface area contributed by atoms with Crippen molar-refractivity contribution < 1.29 is 19.7 Å². The molecule has 0 aliphatic carbocycles. The largest absolute Gasteiger partial charge is 0.445 e. The minimum atomic E-state index is -0.432. The maximum atomic E-state index is 12.0. The smallest absolute Gasteiger partial charge is 0.410 e. The molecular weight excluding hydrogens is 246 g/mol. The Morgan fingerprint density at radius 2 is 2.00 bits per heavy atom. The van der Waals surface area contributed by atoms with E-state index in [0.29, 0.717) is 13.0 Å². The topological polar surface area (TPSA) is 70.0 Å². The van der Waals surface area contributed by atoms with Crippen LogP contribution in [0.5, 0.6) is 0 Å². The van der Waals surface area contributed by atoms with Gasteiger partial charge in [0.05, 0.1) is 12.6 Å². The molecule has 2 atom stereocenters. The summed E-state index contributed by atoms with van der Waals surface area (Å²) >= 11 is 0. The molecule has 1 aromatic rings. The molecule has 1 fully saturated rings. The monoisotopic (exact) mass is 265 g/mol. The molecule has 1 heterocycles. The predicted molar refractivity (Wildman–Crippen MR) is 69.4 cm³/mol. The van der Waals surface area contributed by atoms with E-state index >= 15 is 0 Å². The van der Waals surface area contributed by atoms with Crippen LogP contribution in [0.25, 0.3) is 0 Å². The number of aliphatic hydroxyl groups excluding tert-OH is 2. The number of likely N-dealkylation sites (tertiary alicyclic amines) is 1. The van der Waals surface area contributed by atoms with Crippen molar-refractivity contribution in [3.63, 3.8) is 0 Å². The van der Waals surface area contributed by atoms with Gasteiger partial charge in [0, 0.05) is 19.1 Å². The van der Waals surface area contributed by atoms with Gasteiger partial charge in [-0.3, -0.25) is 0 Å². The summed E-state index contributed by atoms with van der Waals surface area (Å²) in [6, 6.07) is 9.20. The lowest BCUT2D eigenvalue weighted by molar-refractivity contribution is 0.0786. The molecular formula is C14H19NO4. The van der Waals surface area contributed by atoms with Gasteiger partial charge in [0.1, 0.15) is 6.61 Å². The fourth-order valence-electron chi connectivity index (χ4n) is 2.34. The van der Waals surface area contributed by atoms with Crippen LogP contribution in [0.2, 0.25) is 0 Å². The van der Waals surface area contributed by atoms with Crippen molar-refractivity contribution in [3.8, 4) is 0 Å². The number of carbonyl (C=O) groups is 1. The Morgan fingerprint density at radius 1 is 1.26 bits per heavy atom. The lowest BCUT2D eigenvalue weighted by Crippen LogP contribution is -2.38. The van der Waals surface area contributed by atoms with Crippen LogP contribution >= 0.6 is 0 Å². The molecule has 1 aromatic carbocycles. The van der Waals surface area contributed by atoms with Crippen LogP contribution in [-0.4, -0.2) is 47.0 Å². The van der Waals surface area contributed by atoms with Crippen molar-refractivity contribution in [2.75, 3.05) is 19.8 Å². The Balaban J connectivity index is 1.89. The van der Waals surface area contributed by atoms with Crippen molar-refractivity contribution in [3.05, 3.63) is 35.9 Å². The van der Waals surface area contributed by atoms with E-state index < -0.39 is 6.09 Å². The van der Waals surface area contributed by atoms with E-state index in [-0.39, 0.29) is 31.8 Å². The van der Waals surface area contributed by atoms with Gasteiger partial charge in [0.2, 0.25) is 0 Å². The zero-order valence-corrected chi connectivity index (χ0v) is 10.7. The average molecular weight is 265 g/mol. The Labute approximate surface area is 112 Å². The van der Waals surface area contributed by atoms with E-state index in [1.807, 2.05) is 30.3 Å². The van der Waals surface area contributed by atoms with Gasteiger partial charge in [0.25, 0.3) is 0 Å². The van der Waals surface area contributed by atoms with Crippen LogP contribution in [0.3, 0.4) is 0 Å². The van der Waals surface area contributed by atoms with Crippen LogP contribution in [0, 0.1) is 5.92 Å². The average Bonchev–Trinajstić information content (AvgIpc) is 2.89. The van der Waals surface area contributed by atoms with Crippen molar-refractivity contribution >= 4 is 6.09 Å². The summed E-state index contributed by atoms with van der Waals surface area (Å²) in [5.41, 5.74) is 0.925. The van der Waals surface area contributed by atoms with Crippen LogP contribution in [0.4, 0.5) is 4.79 Å². The van der Waals surface area contributed by atoms with E-state index in [2.05, 4.69) is 0 Å². The molecule has 5 nitrogen and oxygen atoms in total. The van der Waals surface area contributed by atoms with E-state index in [0.717, 1.165) is 5.56 Å². The number of ether oxygens (including phenoxy) is 1. The lowest BCUT2D eigenvalue weighted by atomic mass is 10.1. The first-order chi connectivity index (χ1) is 9.24. The maximum Gasteiger partial charge on any atom is 0.410 e. The summed E-state index contributed by atoms with van der Waals surface area (Å²) in [5.74, 6) is 0.0291. The van der Waals surface area contributed by atoms with Gasteiger partial charge in [0.15, 0.2) is 0 Å². The summed E-state index contributed by atoms with van der Waals surface area (Å²) in [6.07, 6.45) is 0.187. The minimum Gasteiger partial charge on any atom is -0.445 e. The zero-order valence-electron chi connectivity index (χ0n) is 10.7. The van der Waals surface area contributed by atoms with Crippen molar-refractivity contribution in [1.82, 2.24) is 4.90 Å². The molecule has 0 aromatic heterocycles. The first-order valence-electron chi connectivity index (χ1n) is 6.43. The standard InChI is InChI=1S/C14H19NO4/c16-8-12-6-13(9-17)15(7-12)14(18)19-10-11-4-2-1-3-5-11/h1-5,12-13,16-17H,6-10H2. The van der Waals surface area contributed by atoms with Crippen LogP contribution in [0.1, 0.15) is 12.0 Å². The van der Waals surface area contributed by atoms with Gasteiger partial charge in [-0.05, 0) is 12.0 Å². The van der Waals surface area contributed by atoms with Crippen LogP contribution in [0.15, 0.2) is 30.3 Å². The predicted octanol–water partition coefficient (Wildman–Crippen LogP) is 0.998. The van der Waals surface area contributed by atoms with Gasteiger partial charge in [-0.15, -0.1) is 0 Å². The first kappa shape index (κ1) is 13.8. The van der Waals surface area contributed by atoms with Gasteiger partial charge < -0.3 is 19.8 Å². The second-order valence-corrected chi connectivity index (χ2v) is 4.81. The normalized spacial score (nSPS) is 22.5. The van der Waals surface area contributed by atoms with E-state index in [1.54, 1.807) is 0 Å². The first-order valence-corrected chi connectivity index (χ1v) is 6.43. The summed E-state index contributed by atoms with van der Waals surface area (Å²) in [7, 11) is 0. The van der Waals surface area contributed by atoms with Crippen LogP contribution in [-0.2, 0) is 11.3 Å². The molecule has 2 unspecified atom stereocenters.